The number of thioether (sulfide) groups is 1. The lowest BCUT2D eigenvalue weighted by Gasteiger charge is -2.43. The molecule has 0 N–H and O–H groups in total. The Balaban J connectivity index is 1.48. The Kier molecular flexibility index (Phi) is 3.75. The van der Waals surface area contributed by atoms with Gasteiger partial charge in [0.1, 0.15) is 10.2 Å². The lowest BCUT2D eigenvalue weighted by molar-refractivity contribution is -0.165. The summed E-state index contributed by atoms with van der Waals surface area (Å²) in [6.07, 6.45) is 0.168. The van der Waals surface area contributed by atoms with Gasteiger partial charge in [0.15, 0.2) is 11.6 Å². The molecule has 4 nitrogen and oxygen atoms in total. The molecule has 1 saturated carbocycles. The largest absolute Gasteiger partial charge is 0.451 e. The van der Waals surface area contributed by atoms with Gasteiger partial charge in [0.05, 0.1) is 4.75 Å². The zero-order valence-corrected chi connectivity index (χ0v) is 17.1. The molecule has 0 radical (unpaired) electrons. The molecule has 138 valence electrons. The summed E-state index contributed by atoms with van der Waals surface area (Å²) in [5.74, 6) is -0.313. The van der Waals surface area contributed by atoms with E-state index in [4.69, 9.17) is 4.74 Å². The van der Waals surface area contributed by atoms with Gasteiger partial charge in [-0.3, -0.25) is 4.79 Å². The van der Waals surface area contributed by atoms with Crippen LogP contribution in [-0.2, 0) is 14.3 Å². The van der Waals surface area contributed by atoms with Gasteiger partial charge in [0, 0.05) is 6.42 Å². The van der Waals surface area contributed by atoms with Crippen LogP contribution in [0.1, 0.15) is 30.6 Å². The van der Waals surface area contributed by atoms with E-state index < -0.39 is 11.6 Å². The van der Waals surface area contributed by atoms with Crippen LogP contribution in [0.15, 0.2) is 60.7 Å². The van der Waals surface area contributed by atoms with Crippen LogP contribution < -0.4 is 0 Å². The molecule has 27 heavy (non-hydrogen) atoms. The molecule has 2 aromatic carbocycles. The lowest BCUT2D eigenvalue weighted by atomic mass is 10.0. The summed E-state index contributed by atoms with van der Waals surface area (Å²) in [6, 6.07) is 19.5. The lowest BCUT2D eigenvalue weighted by Crippen LogP contribution is -2.65. The van der Waals surface area contributed by atoms with E-state index in [0.717, 1.165) is 11.1 Å². The summed E-state index contributed by atoms with van der Waals surface area (Å²) in [7, 11) is 0. The molecular formula is C21H18BrNO3S. The van der Waals surface area contributed by atoms with Crippen molar-refractivity contribution < 1.29 is 14.3 Å². The highest BCUT2D eigenvalue weighted by Gasteiger charge is 2.85. The number of carbonyl (C=O) groups excluding carboxylic acids is 2. The highest BCUT2D eigenvalue weighted by Crippen LogP contribution is 2.73. The van der Waals surface area contributed by atoms with E-state index in [9.17, 15) is 9.59 Å². The van der Waals surface area contributed by atoms with Crippen molar-refractivity contribution in [1.29, 1.82) is 0 Å². The van der Waals surface area contributed by atoms with Gasteiger partial charge >= 0.3 is 5.97 Å². The number of β-lactam (4-membered cyclic amide) rings is 1. The number of nitrogens with zero attached hydrogens (tertiary/aromatic N) is 1. The van der Waals surface area contributed by atoms with Crippen LogP contribution in [0.5, 0.6) is 0 Å². The number of esters is 1. The summed E-state index contributed by atoms with van der Waals surface area (Å²) in [5, 5.41) is 0.0238. The molecule has 0 spiro atoms. The summed E-state index contributed by atoms with van der Waals surface area (Å²) < 4.78 is 5.83. The smallest absolute Gasteiger partial charge is 0.334 e. The second kappa shape index (κ2) is 5.85. The second-order valence-electron chi connectivity index (χ2n) is 7.49. The molecule has 3 aliphatic rings. The van der Waals surface area contributed by atoms with Crippen LogP contribution in [0.3, 0.4) is 0 Å². The molecule has 1 aliphatic carbocycles. The van der Waals surface area contributed by atoms with Gasteiger partial charge < -0.3 is 9.64 Å². The van der Waals surface area contributed by atoms with Gasteiger partial charge in [-0.2, -0.15) is 0 Å². The van der Waals surface area contributed by atoms with E-state index in [0.29, 0.717) is 6.42 Å². The summed E-state index contributed by atoms with van der Waals surface area (Å²) >= 11 is 5.14. The highest BCUT2D eigenvalue weighted by molar-refractivity contribution is 9.10. The van der Waals surface area contributed by atoms with E-state index >= 15 is 0 Å². The van der Waals surface area contributed by atoms with Crippen LogP contribution in [0.25, 0.3) is 0 Å². The SMILES string of the molecule is C[C@]12C[C@@]1(C(=O)OC(c1ccccc1)c1ccccc1)N1C(=O)[C@H](Br)[C@H]1S2. The Bertz CT molecular complexity index is 884. The van der Waals surface area contributed by atoms with E-state index in [1.165, 1.54) is 0 Å². The molecule has 0 unspecified atom stereocenters. The number of hydrogen-bond donors (Lipinski definition) is 0. The Morgan fingerprint density at radius 2 is 1.70 bits per heavy atom. The monoisotopic (exact) mass is 443 g/mol. The number of halogens is 1. The van der Waals surface area contributed by atoms with Crippen molar-refractivity contribution in [3.05, 3.63) is 71.8 Å². The minimum absolute atomic E-state index is 0.0124. The molecule has 2 aromatic rings. The standard InChI is InChI=1S/C21H18BrNO3S/c1-20-12-21(20,23-17(24)15(22)18(23)27-20)19(25)26-16(13-8-4-2-5-9-13)14-10-6-3-7-11-14/h2-11,15-16,18H,12H2,1H3/t15-,18+,20-,21-/m0/s1. The van der Waals surface area contributed by atoms with Crippen molar-refractivity contribution in [2.75, 3.05) is 0 Å². The van der Waals surface area contributed by atoms with E-state index in [-0.39, 0.29) is 26.8 Å². The average Bonchev–Trinajstić information content (AvgIpc) is 3.24. The summed E-state index contributed by atoms with van der Waals surface area (Å²) in [5.41, 5.74) is 1.02. The number of fused-ring (bicyclic) bond motifs is 3. The van der Waals surface area contributed by atoms with Crippen LogP contribution in [0, 0.1) is 0 Å². The molecule has 2 heterocycles. The molecule has 2 saturated heterocycles. The zero-order chi connectivity index (χ0) is 18.8. The van der Waals surface area contributed by atoms with Crippen molar-refractivity contribution >= 4 is 39.6 Å². The fourth-order valence-corrected chi connectivity index (χ4v) is 6.92. The molecule has 0 aromatic heterocycles. The van der Waals surface area contributed by atoms with Gasteiger partial charge in [0.2, 0.25) is 5.91 Å². The first-order valence-corrected chi connectivity index (χ1v) is 10.7. The number of ether oxygens (including phenoxy) is 1. The van der Waals surface area contributed by atoms with Gasteiger partial charge in [-0.1, -0.05) is 76.6 Å². The molecule has 3 fully saturated rings. The first kappa shape index (κ1) is 17.3. The van der Waals surface area contributed by atoms with Crippen molar-refractivity contribution in [2.24, 2.45) is 0 Å². The van der Waals surface area contributed by atoms with Gasteiger partial charge in [-0.25, -0.2) is 4.79 Å². The predicted molar refractivity (Wildman–Crippen MR) is 108 cm³/mol. The van der Waals surface area contributed by atoms with Crippen LogP contribution >= 0.6 is 27.7 Å². The average molecular weight is 444 g/mol. The van der Waals surface area contributed by atoms with E-state index in [2.05, 4.69) is 22.9 Å². The third-order valence-electron chi connectivity index (χ3n) is 5.88. The number of rotatable bonds is 4. The van der Waals surface area contributed by atoms with Crippen LogP contribution in [0.2, 0.25) is 0 Å². The van der Waals surface area contributed by atoms with E-state index in [1.807, 2.05) is 60.7 Å². The second-order valence-corrected chi connectivity index (χ2v) is 10.1. The first-order chi connectivity index (χ1) is 13.0. The molecule has 0 bridgehead atoms. The molecule has 2 aliphatic heterocycles. The Morgan fingerprint density at radius 3 is 2.26 bits per heavy atom. The number of benzene rings is 2. The number of hydrogen-bond acceptors (Lipinski definition) is 4. The normalized spacial score (nSPS) is 33.3. The molecule has 1 amide bonds. The maximum Gasteiger partial charge on any atom is 0.334 e. The predicted octanol–water partition coefficient (Wildman–Crippen LogP) is 3.90. The van der Waals surface area contributed by atoms with Crippen LogP contribution in [-0.4, -0.2) is 37.3 Å². The maximum absolute atomic E-state index is 13.4. The fraction of sp³-hybridized carbons (Fsp3) is 0.333. The Labute approximate surface area is 170 Å². The quantitative estimate of drug-likeness (QED) is 0.408. The van der Waals surface area contributed by atoms with E-state index in [1.54, 1.807) is 16.7 Å². The molecule has 4 atom stereocenters. The Hall–Kier alpha value is -1.79. The summed E-state index contributed by atoms with van der Waals surface area (Å²) in [6.45, 7) is 2.06. The van der Waals surface area contributed by atoms with Crippen molar-refractivity contribution in [2.45, 2.75) is 39.9 Å². The molecule has 5 rings (SSSR count). The molecule has 6 heteroatoms. The minimum atomic E-state index is -0.828. The van der Waals surface area contributed by atoms with Gasteiger partial charge in [-0.05, 0) is 18.1 Å². The number of carbonyl (C=O) groups is 2. The van der Waals surface area contributed by atoms with Crippen molar-refractivity contribution in [3.63, 3.8) is 0 Å². The maximum atomic E-state index is 13.4. The summed E-state index contributed by atoms with van der Waals surface area (Å²) in [4.78, 5) is 27.3. The Morgan fingerprint density at radius 1 is 1.15 bits per heavy atom. The van der Waals surface area contributed by atoms with Gasteiger partial charge in [0.25, 0.3) is 0 Å². The third-order valence-corrected chi connectivity index (χ3v) is 8.85. The highest BCUT2D eigenvalue weighted by atomic mass is 79.9. The van der Waals surface area contributed by atoms with Crippen molar-refractivity contribution in [3.8, 4) is 0 Å². The van der Waals surface area contributed by atoms with Gasteiger partial charge in [-0.15, -0.1) is 11.8 Å². The zero-order valence-electron chi connectivity index (χ0n) is 14.7. The topological polar surface area (TPSA) is 46.6 Å². The molecular weight excluding hydrogens is 426 g/mol. The number of amides is 1. The van der Waals surface area contributed by atoms with Crippen LogP contribution in [0.4, 0.5) is 0 Å². The fourth-order valence-electron chi connectivity index (χ4n) is 4.31. The first-order valence-electron chi connectivity index (χ1n) is 8.94. The van der Waals surface area contributed by atoms with Crippen molar-refractivity contribution in [1.82, 2.24) is 4.90 Å². The number of alkyl halides is 1. The third kappa shape index (κ3) is 2.29. The minimum Gasteiger partial charge on any atom is -0.451 e.